The summed E-state index contributed by atoms with van der Waals surface area (Å²) in [5.74, 6) is 1.45. The molecule has 1 aromatic heterocycles. The predicted octanol–water partition coefficient (Wildman–Crippen LogP) is 2.46. The van der Waals surface area contributed by atoms with E-state index in [2.05, 4.69) is 16.8 Å². The molecular weight excluding hydrogens is 254 g/mol. The molecule has 0 amide bonds. The molecule has 0 radical (unpaired) electrons. The smallest absolute Gasteiger partial charge is 0.239 e. The molecule has 5 nitrogen and oxygen atoms in total. The highest BCUT2D eigenvalue weighted by atomic mass is 16.5. The molecule has 5 heteroatoms. The zero-order valence-electron chi connectivity index (χ0n) is 12.5. The standard InChI is InChI=1S/C15H25N3O2/c1-3-10-20-12-6-5-9-18(11-12)14-8-7-13(16)15(17-14)19-4-2/h7-8,12H,3-6,9-11,16H2,1-2H3. The van der Waals surface area contributed by atoms with Crippen molar-refractivity contribution in [1.82, 2.24) is 4.98 Å². The number of hydrogen-bond donors (Lipinski definition) is 1. The third-order valence-electron chi connectivity index (χ3n) is 3.42. The molecule has 1 fully saturated rings. The summed E-state index contributed by atoms with van der Waals surface area (Å²) in [4.78, 5) is 6.78. The largest absolute Gasteiger partial charge is 0.476 e. The lowest BCUT2D eigenvalue weighted by Crippen LogP contribution is -2.40. The van der Waals surface area contributed by atoms with Crippen molar-refractivity contribution in [3.8, 4) is 5.88 Å². The van der Waals surface area contributed by atoms with Gasteiger partial charge in [-0.1, -0.05) is 6.92 Å². The topological polar surface area (TPSA) is 60.6 Å². The molecule has 1 unspecified atom stereocenters. The van der Waals surface area contributed by atoms with Crippen molar-refractivity contribution >= 4 is 11.5 Å². The van der Waals surface area contributed by atoms with Crippen LogP contribution in [0.5, 0.6) is 5.88 Å². The summed E-state index contributed by atoms with van der Waals surface area (Å²) in [6.45, 7) is 7.37. The van der Waals surface area contributed by atoms with Crippen molar-refractivity contribution < 1.29 is 9.47 Å². The monoisotopic (exact) mass is 279 g/mol. The lowest BCUT2D eigenvalue weighted by molar-refractivity contribution is 0.0439. The van der Waals surface area contributed by atoms with Crippen LogP contribution >= 0.6 is 0 Å². The maximum Gasteiger partial charge on any atom is 0.239 e. The van der Waals surface area contributed by atoms with Crippen molar-refractivity contribution in [2.45, 2.75) is 39.2 Å². The molecule has 2 rings (SSSR count). The first-order valence-electron chi connectivity index (χ1n) is 7.50. The van der Waals surface area contributed by atoms with Crippen molar-refractivity contribution in [3.05, 3.63) is 12.1 Å². The molecular formula is C15H25N3O2. The fourth-order valence-corrected chi connectivity index (χ4v) is 2.44. The minimum absolute atomic E-state index is 0.304. The van der Waals surface area contributed by atoms with Crippen molar-refractivity contribution in [2.75, 3.05) is 36.9 Å². The zero-order valence-corrected chi connectivity index (χ0v) is 12.5. The van der Waals surface area contributed by atoms with Crippen LogP contribution in [-0.2, 0) is 4.74 Å². The van der Waals surface area contributed by atoms with Crippen LogP contribution in [0.1, 0.15) is 33.1 Å². The predicted molar refractivity (Wildman–Crippen MR) is 81.3 cm³/mol. The average molecular weight is 279 g/mol. The molecule has 0 saturated carbocycles. The Balaban J connectivity index is 2.04. The maximum absolute atomic E-state index is 5.87. The van der Waals surface area contributed by atoms with E-state index in [0.717, 1.165) is 44.8 Å². The Morgan fingerprint density at radius 2 is 2.25 bits per heavy atom. The molecule has 0 bridgehead atoms. The number of nitrogens with two attached hydrogens (primary N) is 1. The molecule has 1 saturated heterocycles. The van der Waals surface area contributed by atoms with Gasteiger partial charge in [0.25, 0.3) is 0 Å². The van der Waals surface area contributed by atoms with Gasteiger partial charge in [-0.3, -0.25) is 0 Å². The molecule has 2 heterocycles. The first-order valence-corrected chi connectivity index (χ1v) is 7.50. The third-order valence-corrected chi connectivity index (χ3v) is 3.42. The highest BCUT2D eigenvalue weighted by molar-refractivity contribution is 5.54. The molecule has 1 aromatic rings. The fourth-order valence-electron chi connectivity index (χ4n) is 2.44. The summed E-state index contributed by atoms with van der Waals surface area (Å²) in [6.07, 6.45) is 3.62. The maximum atomic E-state index is 5.87. The summed E-state index contributed by atoms with van der Waals surface area (Å²) in [7, 11) is 0. The summed E-state index contributed by atoms with van der Waals surface area (Å²) >= 11 is 0. The number of ether oxygens (including phenoxy) is 2. The first kappa shape index (κ1) is 14.9. The Morgan fingerprint density at radius 1 is 1.40 bits per heavy atom. The Morgan fingerprint density at radius 3 is 3.00 bits per heavy atom. The van der Waals surface area contributed by atoms with Gasteiger partial charge in [-0.05, 0) is 38.3 Å². The van der Waals surface area contributed by atoms with E-state index in [1.54, 1.807) is 0 Å². The minimum Gasteiger partial charge on any atom is -0.476 e. The molecule has 0 spiro atoms. The van der Waals surface area contributed by atoms with Gasteiger partial charge in [0.1, 0.15) is 5.82 Å². The van der Waals surface area contributed by atoms with E-state index in [-0.39, 0.29) is 0 Å². The van der Waals surface area contributed by atoms with Crippen LogP contribution < -0.4 is 15.4 Å². The van der Waals surface area contributed by atoms with E-state index in [9.17, 15) is 0 Å². The van der Waals surface area contributed by atoms with Crippen molar-refractivity contribution in [3.63, 3.8) is 0 Å². The molecule has 2 N–H and O–H groups in total. The van der Waals surface area contributed by atoms with E-state index in [4.69, 9.17) is 15.2 Å². The average Bonchev–Trinajstić information content (AvgIpc) is 2.48. The molecule has 112 valence electrons. The molecule has 1 aliphatic heterocycles. The van der Waals surface area contributed by atoms with Crippen LogP contribution in [0.3, 0.4) is 0 Å². The molecule has 1 atom stereocenters. The lowest BCUT2D eigenvalue weighted by atomic mass is 10.1. The Hall–Kier alpha value is -1.49. The molecule has 0 aliphatic carbocycles. The molecule has 20 heavy (non-hydrogen) atoms. The number of anilines is 2. The second-order valence-corrected chi connectivity index (χ2v) is 5.08. The van der Waals surface area contributed by atoms with Gasteiger partial charge in [0.15, 0.2) is 0 Å². The van der Waals surface area contributed by atoms with E-state index in [1.807, 2.05) is 19.1 Å². The van der Waals surface area contributed by atoms with Gasteiger partial charge in [0.2, 0.25) is 5.88 Å². The molecule has 1 aliphatic rings. The number of aromatic nitrogens is 1. The number of pyridine rings is 1. The Labute approximate surface area is 121 Å². The zero-order chi connectivity index (χ0) is 14.4. The van der Waals surface area contributed by atoms with E-state index in [1.165, 1.54) is 0 Å². The highest BCUT2D eigenvalue weighted by Crippen LogP contribution is 2.25. The molecule has 0 aromatic carbocycles. The van der Waals surface area contributed by atoms with Gasteiger partial charge < -0.3 is 20.1 Å². The normalized spacial score (nSPS) is 19.1. The second-order valence-electron chi connectivity index (χ2n) is 5.08. The van der Waals surface area contributed by atoms with Crippen LogP contribution in [0.4, 0.5) is 11.5 Å². The Bertz CT molecular complexity index is 426. The van der Waals surface area contributed by atoms with E-state index < -0.39 is 0 Å². The van der Waals surface area contributed by atoms with E-state index >= 15 is 0 Å². The van der Waals surface area contributed by atoms with Crippen molar-refractivity contribution in [1.29, 1.82) is 0 Å². The minimum atomic E-state index is 0.304. The van der Waals surface area contributed by atoms with Gasteiger partial charge in [-0.2, -0.15) is 4.98 Å². The van der Waals surface area contributed by atoms with Gasteiger partial charge in [0, 0.05) is 19.7 Å². The number of nitrogen functional groups attached to an aromatic ring is 1. The van der Waals surface area contributed by atoms with Gasteiger partial charge in [-0.15, -0.1) is 0 Å². The fraction of sp³-hybridized carbons (Fsp3) is 0.667. The number of piperidine rings is 1. The van der Waals surface area contributed by atoms with Gasteiger partial charge in [0.05, 0.1) is 18.4 Å². The van der Waals surface area contributed by atoms with Gasteiger partial charge >= 0.3 is 0 Å². The van der Waals surface area contributed by atoms with Crippen LogP contribution in [0, 0.1) is 0 Å². The lowest BCUT2D eigenvalue weighted by Gasteiger charge is -2.33. The summed E-state index contributed by atoms with van der Waals surface area (Å²) in [5, 5.41) is 0. The van der Waals surface area contributed by atoms with Crippen LogP contribution in [0.25, 0.3) is 0 Å². The number of nitrogens with zero attached hydrogens (tertiary/aromatic N) is 2. The van der Waals surface area contributed by atoms with Crippen LogP contribution in [0.15, 0.2) is 12.1 Å². The van der Waals surface area contributed by atoms with Crippen LogP contribution in [-0.4, -0.2) is 37.4 Å². The summed E-state index contributed by atoms with van der Waals surface area (Å²) in [6, 6.07) is 3.82. The number of hydrogen-bond acceptors (Lipinski definition) is 5. The van der Waals surface area contributed by atoms with E-state index in [0.29, 0.717) is 24.3 Å². The second kappa shape index (κ2) is 7.33. The SMILES string of the molecule is CCCOC1CCCN(c2ccc(N)c(OCC)n2)C1. The third kappa shape index (κ3) is 3.76. The van der Waals surface area contributed by atoms with Crippen molar-refractivity contribution in [2.24, 2.45) is 0 Å². The quantitative estimate of drug-likeness (QED) is 0.866. The van der Waals surface area contributed by atoms with Gasteiger partial charge in [-0.25, -0.2) is 0 Å². The highest BCUT2D eigenvalue weighted by Gasteiger charge is 2.21. The Kier molecular flexibility index (Phi) is 5.47. The summed E-state index contributed by atoms with van der Waals surface area (Å²) in [5.41, 5.74) is 6.46. The first-order chi connectivity index (χ1) is 9.74. The summed E-state index contributed by atoms with van der Waals surface area (Å²) < 4.78 is 11.3. The van der Waals surface area contributed by atoms with Crippen LogP contribution in [0.2, 0.25) is 0 Å². The number of rotatable bonds is 6.